The van der Waals surface area contributed by atoms with Crippen LogP contribution >= 0.6 is 23.2 Å². The molecule has 0 unspecified atom stereocenters. The summed E-state index contributed by atoms with van der Waals surface area (Å²) in [6.45, 7) is 0.655. The van der Waals surface area contributed by atoms with E-state index in [1.54, 1.807) is 24.3 Å². The zero-order chi connectivity index (χ0) is 13.7. The summed E-state index contributed by atoms with van der Waals surface area (Å²) >= 11 is 12.0. The Labute approximate surface area is 124 Å². The maximum atomic E-state index is 12.1. The first-order valence-electron chi connectivity index (χ1n) is 6.75. The number of carbonyl (C=O) groups is 1. The highest BCUT2D eigenvalue weighted by Crippen LogP contribution is 2.36. The van der Waals surface area contributed by atoms with Crippen LogP contribution in [0.15, 0.2) is 24.3 Å². The van der Waals surface area contributed by atoms with Gasteiger partial charge in [-0.3, -0.25) is 4.79 Å². The molecule has 1 aliphatic carbocycles. The van der Waals surface area contributed by atoms with Crippen LogP contribution in [0, 0.1) is 5.41 Å². The molecule has 2 nitrogen and oxygen atoms in total. The van der Waals surface area contributed by atoms with E-state index in [2.05, 4.69) is 5.32 Å². The minimum absolute atomic E-state index is 0.0717. The Morgan fingerprint density at radius 1 is 1.26 bits per heavy atom. The Hall–Kier alpha value is -0.730. The third kappa shape index (κ3) is 3.87. The number of halogens is 2. The third-order valence-electron chi connectivity index (χ3n) is 3.91. The molecule has 0 spiro atoms. The van der Waals surface area contributed by atoms with Gasteiger partial charge in [0, 0.05) is 28.4 Å². The molecular weight excluding hydrogens is 281 g/mol. The van der Waals surface area contributed by atoms with Crippen molar-refractivity contribution in [3.05, 3.63) is 34.9 Å². The lowest BCUT2D eigenvalue weighted by Crippen LogP contribution is -2.40. The number of benzene rings is 1. The molecule has 1 aromatic carbocycles. The molecule has 2 rings (SSSR count). The van der Waals surface area contributed by atoms with E-state index in [0.29, 0.717) is 23.0 Å². The Kier molecular flexibility index (Phi) is 5.12. The monoisotopic (exact) mass is 299 g/mol. The molecule has 0 aliphatic heterocycles. The molecule has 0 radical (unpaired) electrons. The van der Waals surface area contributed by atoms with E-state index < -0.39 is 0 Å². The zero-order valence-electron chi connectivity index (χ0n) is 10.9. The van der Waals surface area contributed by atoms with Crippen molar-refractivity contribution in [3.8, 4) is 0 Å². The molecule has 1 amide bonds. The van der Waals surface area contributed by atoms with Crippen molar-refractivity contribution in [2.24, 2.45) is 5.41 Å². The van der Waals surface area contributed by atoms with Gasteiger partial charge in [-0.05, 0) is 31.0 Å². The molecule has 0 saturated heterocycles. The number of hydrogen-bond donors (Lipinski definition) is 1. The lowest BCUT2D eigenvalue weighted by molar-refractivity contribution is 0.0921. The second-order valence-corrected chi connectivity index (χ2v) is 6.09. The van der Waals surface area contributed by atoms with E-state index in [1.807, 2.05) is 0 Å². The lowest BCUT2D eigenvalue weighted by Gasteiger charge is -2.35. The van der Waals surface area contributed by atoms with Gasteiger partial charge in [-0.1, -0.05) is 36.9 Å². The normalized spacial score (nSPS) is 18.0. The summed E-state index contributed by atoms with van der Waals surface area (Å²) in [6, 6.07) is 7.01. The molecular formula is C15H19Cl2NO. The lowest BCUT2D eigenvalue weighted by atomic mass is 9.75. The van der Waals surface area contributed by atoms with Gasteiger partial charge in [0.2, 0.25) is 0 Å². The second kappa shape index (κ2) is 6.62. The molecule has 104 valence electrons. The molecule has 1 N–H and O–H groups in total. The summed E-state index contributed by atoms with van der Waals surface area (Å²) in [4.78, 5) is 12.1. The van der Waals surface area contributed by atoms with Gasteiger partial charge in [-0.15, -0.1) is 11.6 Å². The van der Waals surface area contributed by atoms with E-state index in [-0.39, 0.29) is 11.3 Å². The van der Waals surface area contributed by atoms with Crippen molar-refractivity contribution in [3.63, 3.8) is 0 Å². The number of amides is 1. The van der Waals surface area contributed by atoms with Crippen LogP contribution in [-0.4, -0.2) is 18.3 Å². The Morgan fingerprint density at radius 3 is 2.63 bits per heavy atom. The van der Waals surface area contributed by atoms with Gasteiger partial charge >= 0.3 is 0 Å². The van der Waals surface area contributed by atoms with Crippen molar-refractivity contribution in [1.82, 2.24) is 5.32 Å². The highest BCUT2D eigenvalue weighted by Gasteiger charge is 2.31. The number of alkyl halides is 1. The summed E-state index contributed by atoms with van der Waals surface area (Å²) in [5.74, 6) is 0.542. The van der Waals surface area contributed by atoms with Crippen LogP contribution < -0.4 is 5.32 Å². The van der Waals surface area contributed by atoms with Gasteiger partial charge in [-0.25, -0.2) is 0 Å². The topological polar surface area (TPSA) is 29.1 Å². The molecule has 1 fully saturated rings. The van der Waals surface area contributed by atoms with E-state index in [4.69, 9.17) is 23.2 Å². The van der Waals surface area contributed by atoms with Crippen molar-refractivity contribution >= 4 is 29.1 Å². The van der Waals surface area contributed by atoms with Crippen LogP contribution in [0.1, 0.15) is 42.5 Å². The molecule has 0 heterocycles. The predicted molar refractivity (Wildman–Crippen MR) is 80.0 cm³/mol. The summed E-state index contributed by atoms with van der Waals surface area (Å²) in [5.41, 5.74) is 0.682. The second-order valence-electron chi connectivity index (χ2n) is 5.39. The SMILES string of the molecule is O=C(NCC1(CCl)CCCCC1)c1cccc(Cl)c1. The fraction of sp³-hybridized carbons (Fsp3) is 0.533. The quantitative estimate of drug-likeness (QED) is 0.827. The minimum atomic E-state index is -0.0717. The molecule has 0 aromatic heterocycles. The Bertz CT molecular complexity index is 442. The van der Waals surface area contributed by atoms with Crippen LogP contribution in [0.5, 0.6) is 0 Å². The Morgan fingerprint density at radius 2 is 2.00 bits per heavy atom. The number of rotatable bonds is 4. The fourth-order valence-electron chi connectivity index (χ4n) is 2.66. The molecule has 1 aromatic rings. The van der Waals surface area contributed by atoms with Gasteiger partial charge in [0.15, 0.2) is 0 Å². The largest absolute Gasteiger partial charge is 0.351 e. The van der Waals surface area contributed by atoms with Crippen LogP contribution in [0.3, 0.4) is 0 Å². The molecule has 4 heteroatoms. The number of nitrogens with one attached hydrogen (secondary N) is 1. The number of carbonyl (C=O) groups excluding carboxylic acids is 1. The van der Waals surface area contributed by atoms with Gasteiger partial charge in [0.1, 0.15) is 0 Å². The highest BCUT2D eigenvalue weighted by atomic mass is 35.5. The van der Waals surface area contributed by atoms with Gasteiger partial charge in [0.05, 0.1) is 0 Å². The number of hydrogen-bond acceptors (Lipinski definition) is 1. The fourth-order valence-corrected chi connectivity index (χ4v) is 3.21. The van der Waals surface area contributed by atoms with Crippen molar-refractivity contribution in [1.29, 1.82) is 0 Å². The van der Waals surface area contributed by atoms with Crippen molar-refractivity contribution in [2.75, 3.05) is 12.4 Å². The molecule has 0 atom stereocenters. The predicted octanol–water partition coefficient (Wildman–Crippen LogP) is 4.26. The van der Waals surface area contributed by atoms with E-state index in [9.17, 15) is 4.79 Å². The minimum Gasteiger partial charge on any atom is -0.351 e. The third-order valence-corrected chi connectivity index (χ3v) is 4.71. The van der Waals surface area contributed by atoms with Crippen molar-refractivity contribution < 1.29 is 4.79 Å². The van der Waals surface area contributed by atoms with Crippen LogP contribution in [0.25, 0.3) is 0 Å². The van der Waals surface area contributed by atoms with E-state index in [0.717, 1.165) is 12.8 Å². The average Bonchev–Trinajstić information content (AvgIpc) is 2.46. The maximum Gasteiger partial charge on any atom is 0.251 e. The highest BCUT2D eigenvalue weighted by molar-refractivity contribution is 6.30. The summed E-state index contributed by atoms with van der Waals surface area (Å²) < 4.78 is 0. The average molecular weight is 300 g/mol. The van der Waals surface area contributed by atoms with Gasteiger partial charge < -0.3 is 5.32 Å². The first-order chi connectivity index (χ1) is 9.15. The molecule has 19 heavy (non-hydrogen) atoms. The van der Waals surface area contributed by atoms with Crippen LogP contribution in [0.2, 0.25) is 5.02 Å². The summed E-state index contributed by atoms with van der Waals surface area (Å²) in [6.07, 6.45) is 5.90. The first kappa shape index (κ1) is 14.7. The first-order valence-corrected chi connectivity index (χ1v) is 7.66. The molecule has 1 saturated carbocycles. The maximum absolute atomic E-state index is 12.1. The van der Waals surface area contributed by atoms with Crippen molar-refractivity contribution in [2.45, 2.75) is 32.1 Å². The van der Waals surface area contributed by atoms with Crippen LogP contribution in [-0.2, 0) is 0 Å². The van der Waals surface area contributed by atoms with E-state index >= 15 is 0 Å². The summed E-state index contributed by atoms with van der Waals surface area (Å²) in [7, 11) is 0. The smallest absolute Gasteiger partial charge is 0.251 e. The Balaban J connectivity index is 1.95. The molecule has 0 bridgehead atoms. The van der Waals surface area contributed by atoms with E-state index in [1.165, 1.54) is 19.3 Å². The zero-order valence-corrected chi connectivity index (χ0v) is 12.4. The van der Waals surface area contributed by atoms with Gasteiger partial charge in [0.25, 0.3) is 5.91 Å². The van der Waals surface area contributed by atoms with Gasteiger partial charge in [-0.2, -0.15) is 0 Å². The molecule has 1 aliphatic rings. The standard InChI is InChI=1S/C15H19Cl2NO/c16-10-15(7-2-1-3-8-15)11-18-14(19)12-5-4-6-13(17)9-12/h4-6,9H,1-3,7-8,10-11H2,(H,18,19). The van der Waals surface area contributed by atoms with Crippen LogP contribution in [0.4, 0.5) is 0 Å². The summed E-state index contributed by atoms with van der Waals surface area (Å²) in [5, 5.41) is 3.59.